The first-order valence-electron chi connectivity index (χ1n) is 6.18. The molecule has 0 spiro atoms. The first-order chi connectivity index (χ1) is 8.04. The van der Waals surface area contributed by atoms with Gasteiger partial charge in [0.15, 0.2) is 0 Å². The Hall–Kier alpha value is -0.600. The molecule has 1 unspecified atom stereocenters. The zero-order valence-corrected chi connectivity index (χ0v) is 12.6. The maximum absolute atomic E-state index is 4.02. The van der Waals surface area contributed by atoms with Gasteiger partial charge in [-0.2, -0.15) is 0 Å². The van der Waals surface area contributed by atoms with E-state index in [2.05, 4.69) is 66.8 Å². The molecule has 0 aliphatic carbocycles. The fourth-order valence-electron chi connectivity index (χ4n) is 1.86. The Morgan fingerprint density at radius 2 is 2.18 bits per heavy atom. The van der Waals surface area contributed by atoms with E-state index in [1.165, 1.54) is 21.2 Å². The third-order valence-electron chi connectivity index (χ3n) is 2.78. The summed E-state index contributed by atoms with van der Waals surface area (Å²) in [7, 11) is 0. The van der Waals surface area contributed by atoms with Crippen LogP contribution in [0.3, 0.4) is 0 Å². The average Bonchev–Trinajstić information content (AvgIpc) is 2.27. The number of aryl methyl sites for hydroxylation is 1. The van der Waals surface area contributed by atoms with Gasteiger partial charge in [0.05, 0.1) is 0 Å². The van der Waals surface area contributed by atoms with Crippen LogP contribution in [0.4, 0.5) is 0 Å². The lowest BCUT2D eigenvalue weighted by molar-refractivity contribution is 0.527. The first kappa shape index (κ1) is 14.5. The largest absolute Gasteiger partial charge is 0.310 e. The van der Waals surface area contributed by atoms with E-state index in [1.807, 2.05) is 0 Å². The summed E-state index contributed by atoms with van der Waals surface area (Å²) in [6.45, 7) is 11.5. The predicted molar refractivity (Wildman–Crippen MR) is 79.3 cm³/mol. The minimum atomic E-state index is 0.388. The fraction of sp³-hybridized carbons (Fsp3) is 0.467. The number of hydrogen-bond acceptors (Lipinski definition) is 1. The van der Waals surface area contributed by atoms with Gasteiger partial charge < -0.3 is 5.32 Å². The van der Waals surface area contributed by atoms with Crippen LogP contribution in [0.15, 0.2) is 34.8 Å². The van der Waals surface area contributed by atoms with Crippen LogP contribution in [0.1, 0.15) is 43.9 Å². The molecule has 0 aromatic heterocycles. The van der Waals surface area contributed by atoms with Crippen LogP contribution in [-0.2, 0) is 0 Å². The van der Waals surface area contributed by atoms with Crippen molar-refractivity contribution in [1.29, 1.82) is 0 Å². The van der Waals surface area contributed by atoms with Gasteiger partial charge in [0.1, 0.15) is 0 Å². The molecule has 0 saturated heterocycles. The molecule has 0 saturated carbocycles. The molecule has 1 aromatic carbocycles. The Labute approximate surface area is 113 Å². The van der Waals surface area contributed by atoms with E-state index in [0.29, 0.717) is 6.04 Å². The molecule has 1 rings (SSSR count). The number of halogens is 1. The van der Waals surface area contributed by atoms with Gasteiger partial charge in [0.25, 0.3) is 0 Å². The van der Waals surface area contributed by atoms with Gasteiger partial charge >= 0.3 is 0 Å². The number of nitrogens with one attached hydrogen (secondary N) is 1. The second-order valence-corrected chi connectivity index (χ2v) is 5.53. The molecule has 0 heterocycles. The van der Waals surface area contributed by atoms with Crippen LogP contribution in [0.5, 0.6) is 0 Å². The SMILES string of the molecule is C=C(C)CC(NCCC)c1ccc(Br)c(C)c1. The topological polar surface area (TPSA) is 12.0 Å². The highest BCUT2D eigenvalue weighted by Crippen LogP contribution is 2.25. The number of rotatable bonds is 6. The van der Waals surface area contributed by atoms with Crippen molar-refractivity contribution in [2.75, 3.05) is 6.54 Å². The standard InChI is InChI=1S/C15H22BrN/c1-5-8-17-15(9-11(2)3)13-6-7-14(16)12(4)10-13/h6-7,10,15,17H,2,5,8-9H2,1,3-4H3. The van der Waals surface area contributed by atoms with Crippen LogP contribution in [0.2, 0.25) is 0 Å². The van der Waals surface area contributed by atoms with Gasteiger partial charge in [-0.25, -0.2) is 0 Å². The third kappa shape index (κ3) is 4.64. The van der Waals surface area contributed by atoms with Crippen molar-refractivity contribution in [2.45, 2.75) is 39.7 Å². The van der Waals surface area contributed by atoms with E-state index in [-0.39, 0.29) is 0 Å². The molecule has 17 heavy (non-hydrogen) atoms. The molecule has 0 fully saturated rings. The molecule has 1 atom stereocenters. The maximum atomic E-state index is 4.02. The van der Waals surface area contributed by atoms with Gasteiger partial charge in [-0.15, -0.1) is 6.58 Å². The summed E-state index contributed by atoms with van der Waals surface area (Å²) in [6, 6.07) is 6.96. The highest BCUT2D eigenvalue weighted by molar-refractivity contribution is 9.10. The maximum Gasteiger partial charge on any atom is 0.0357 e. The van der Waals surface area contributed by atoms with E-state index in [9.17, 15) is 0 Å². The van der Waals surface area contributed by atoms with Gasteiger partial charge in [0.2, 0.25) is 0 Å². The molecule has 0 amide bonds. The van der Waals surface area contributed by atoms with Crippen LogP contribution < -0.4 is 5.32 Å². The van der Waals surface area contributed by atoms with Crippen molar-refractivity contribution in [1.82, 2.24) is 5.32 Å². The lowest BCUT2D eigenvalue weighted by Gasteiger charge is -2.20. The Morgan fingerprint density at radius 3 is 2.71 bits per heavy atom. The van der Waals surface area contributed by atoms with Crippen LogP contribution >= 0.6 is 15.9 Å². The van der Waals surface area contributed by atoms with Gasteiger partial charge in [-0.05, 0) is 50.4 Å². The van der Waals surface area contributed by atoms with Crippen LogP contribution in [-0.4, -0.2) is 6.54 Å². The molecule has 0 bridgehead atoms. The second-order valence-electron chi connectivity index (χ2n) is 4.68. The number of benzene rings is 1. The smallest absolute Gasteiger partial charge is 0.0357 e. The Kier molecular flexibility index (Phi) is 5.93. The van der Waals surface area contributed by atoms with E-state index < -0.39 is 0 Å². The molecule has 2 heteroatoms. The Morgan fingerprint density at radius 1 is 1.47 bits per heavy atom. The minimum Gasteiger partial charge on any atom is -0.310 e. The molecule has 1 N–H and O–H groups in total. The molecular formula is C15H22BrN. The quantitative estimate of drug-likeness (QED) is 0.746. The molecule has 0 aliphatic rings. The molecule has 0 radical (unpaired) electrons. The second kappa shape index (κ2) is 6.97. The first-order valence-corrected chi connectivity index (χ1v) is 6.97. The summed E-state index contributed by atoms with van der Waals surface area (Å²) in [5.74, 6) is 0. The summed E-state index contributed by atoms with van der Waals surface area (Å²) in [6.07, 6.45) is 2.16. The zero-order chi connectivity index (χ0) is 12.8. The zero-order valence-electron chi connectivity index (χ0n) is 11.0. The summed E-state index contributed by atoms with van der Waals surface area (Å²) in [4.78, 5) is 0. The highest BCUT2D eigenvalue weighted by atomic mass is 79.9. The van der Waals surface area contributed by atoms with Crippen molar-refractivity contribution in [3.63, 3.8) is 0 Å². The van der Waals surface area contributed by atoms with E-state index in [0.717, 1.165) is 19.4 Å². The van der Waals surface area contributed by atoms with Crippen molar-refractivity contribution < 1.29 is 0 Å². The van der Waals surface area contributed by atoms with Crippen molar-refractivity contribution in [3.8, 4) is 0 Å². The van der Waals surface area contributed by atoms with Crippen molar-refractivity contribution in [2.24, 2.45) is 0 Å². The van der Waals surface area contributed by atoms with Crippen molar-refractivity contribution >= 4 is 15.9 Å². The van der Waals surface area contributed by atoms with Crippen LogP contribution in [0, 0.1) is 6.92 Å². The molecular weight excluding hydrogens is 274 g/mol. The Balaban J connectivity index is 2.86. The third-order valence-corrected chi connectivity index (χ3v) is 3.67. The lowest BCUT2D eigenvalue weighted by atomic mass is 9.98. The Bertz CT molecular complexity index is 385. The number of hydrogen-bond donors (Lipinski definition) is 1. The predicted octanol–water partition coefficient (Wildman–Crippen LogP) is 4.76. The summed E-state index contributed by atoms with van der Waals surface area (Å²) in [5, 5.41) is 3.59. The monoisotopic (exact) mass is 295 g/mol. The average molecular weight is 296 g/mol. The summed E-state index contributed by atoms with van der Waals surface area (Å²) in [5.41, 5.74) is 3.86. The molecule has 0 aliphatic heterocycles. The summed E-state index contributed by atoms with van der Waals surface area (Å²) >= 11 is 3.54. The highest BCUT2D eigenvalue weighted by Gasteiger charge is 2.11. The van der Waals surface area contributed by atoms with Crippen molar-refractivity contribution in [3.05, 3.63) is 46.0 Å². The van der Waals surface area contributed by atoms with Gasteiger partial charge in [-0.3, -0.25) is 0 Å². The van der Waals surface area contributed by atoms with E-state index >= 15 is 0 Å². The lowest BCUT2D eigenvalue weighted by Crippen LogP contribution is -2.22. The van der Waals surface area contributed by atoms with E-state index in [4.69, 9.17) is 0 Å². The molecule has 94 valence electrons. The fourth-order valence-corrected chi connectivity index (χ4v) is 2.11. The molecule has 1 aromatic rings. The van der Waals surface area contributed by atoms with Crippen LogP contribution in [0.25, 0.3) is 0 Å². The molecule has 1 nitrogen and oxygen atoms in total. The van der Waals surface area contributed by atoms with Gasteiger partial charge in [0, 0.05) is 10.5 Å². The van der Waals surface area contributed by atoms with Gasteiger partial charge in [-0.1, -0.05) is 40.6 Å². The summed E-state index contributed by atoms with van der Waals surface area (Å²) < 4.78 is 1.17. The minimum absolute atomic E-state index is 0.388. The van der Waals surface area contributed by atoms with E-state index in [1.54, 1.807) is 0 Å². The normalized spacial score (nSPS) is 12.5.